The highest BCUT2D eigenvalue weighted by molar-refractivity contribution is 7.15. The molecule has 6 heteroatoms. The highest BCUT2D eigenvalue weighted by atomic mass is 32.1. The molecule has 4 rings (SSSR count). The van der Waals surface area contributed by atoms with E-state index in [0.29, 0.717) is 16.8 Å². The number of carbonyl (C=O) groups excluding carboxylic acids is 1. The number of hydrogen-bond donors (Lipinski definition) is 2. The topological polar surface area (TPSA) is 66.4 Å². The van der Waals surface area contributed by atoms with E-state index < -0.39 is 11.8 Å². The summed E-state index contributed by atoms with van der Waals surface area (Å²) in [4.78, 5) is 25.3. The summed E-state index contributed by atoms with van der Waals surface area (Å²) in [5, 5.41) is 12.6. The van der Waals surface area contributed by atoms with Crippen LogP contribution in [0, 0.1) is 5.82 Å². The molecule has 0 unspecified atom stereocenters. The van der Waals surface area contributed by atoms with Crippen LogP contribution in [0.2, 0.25) is 0 Å². The zero-order valence-corrected chi connectivity index (χ0v) is 16.0. The van der Waals surface area contributed by atoms with E-state index in [1.54, 1.807) is 0 Å². The quantitative estimate of drug-likeness (QED) is 0.631. The van der Waals surface area contributed by atoms with E-state index in [-0.39, 0.29) is 23.1 Å². The molecule has 1 atom stereocenters. The number of aryl methyl sites for hydroxylation is 1. The third-order valence-electron chi connectivity index (χ3n) is 5.02. The maximum atomic E-state index is 13.4. The van der Waals surface area contributed by atoms with Gasteiger partial charge >= 0.3 is 5.97 Å². The van der Waals surface area contributed by atoms with E-state index in [9.17, 15) is 19.1 Å². The maximum Gasteiger partial charge on any atom is 0.346 e. The van der Waals surface area contributed by atoms with Gasteiger partial charge in [-0.15, -0.1) is 11.3 Å². The predicted molar refractivity (Wildman–Crippen MR) is 108 cm³/mol. The molecule has 4 nitrogen and oxygen atoms in total. The summed E-state index contributed by atoms with van der Waals surface area (Å²) in [6, 6.07) is 13.7. The van der Waals surface area contributed by atoms with Crippen LogP contribution in [0.1, 0.15) is 44.9 Å². The zero-order valence-electron chi connectivity index (χ0n) is 15.2. The average molecular weight is 395 g/mol. The number of aromatic carboxylic acids is 1. The van der Waals surface area contributed by atoms with Crippen molar-refractivity contribution in [3.63, 3.8) is 0 Å². The molecule has 142 valence electrons. The van der Waals surface area contributed by atoms with Crippen molar-refractivity contribution >= 4 is 28.9 Å². The monoisotopic (exact) mass is 395 g/mol. The Labute approximate surface area is 165 Å². The molecular weight excluding hydrogens is 377 g/mol. The number of hydrogen-bond acceptors (Lipinski definition) is 3. The van der Waals surface area contributed by atoms with E-state index in [0.717, 1.165) is 16.9 Å². The van der Waals surface area contributed by atoms with Gasteiger partial charge in [-0.05, 0) is 35.2 Å². The van der Waals surface area contributed by atoms with E-state index >= 15 is 0 Å². The lowest BCUT2D eigenvalue weighted by atomic mass is 9.88. The number of rotatable bonds is 4. The fraction of sp³-hybridized carbons (Fsp3) is 0.182. The number of carboxylic acid groups (broad SMARTS) is 1. The molecule has 0 saturated heterocycles. The first kappa shape index (κ1) is 18.4. The van der Waals surface area contributed by atoms with Crippen molar-refractivity contribution < 1.29 is 19.1 Å². The Kier molecular flexibility index (Phi) is 4.73. The van der Waals surface area contributed by atoms with Gasteiger partial charge in [-0.25, -0.2) is 9.18 Å². The molecule has 1 aliphatic rings. The second-order valence-electron chi connectivity index (χ2n) is 6.76. The first-order valence-corrected chi connectivity index (χ1v) is 9.84. The minimum atomic E-state index is -1.06. The molecule has 0 radical (unpaired) electrons. The lowest BCUT2D eigenvalue weighted by Gasteiger charge is -2.24. The van der Waals surface area contributed by atoms with Gasteiger partial charge in [-0.3, -0.25) is 4.79 Å². The molecule has 0 saturated carbocycles. The summed E-state index contributed by atoms with van der Waals surface area (Å²) in [6.07, 6.45) is 1.19. The van der Waals surface area contributed by atoms with Crippen molar-refractivity contribution in [2.75, 3.05) is 5.32 Å². The molecule has 0 fully saturated rings. The number of fused-ring (bicyclic) bond motifs is 1. The molecule has 28 heavy (non-hydrogen) atoms. The van der Waals surface area contributed by atoms with Gasteiger partial charge in [0.25, 0.3) is 0 Å². The minimum Gasteiger partial charge on any atom is -0.477 e. The van der Waals surface area contributed by atoms with Crippen molar-refractivity contribution in [2.45, 2.75) is 25.7 Å². The molecule has 1 aliphatic heterocycles. The zero-order chi connectivity index (χ0) is 19.8. The maximum absolute atomic E-state index is 13.4. The van der Waals surface area contributed by atoms with Gasteiger partial charge in [-0.1, -0.05) is 43.3 Å². The first-order valence-electron chi connectivity index (χ1n) is 9.02. The van der Waals surface area contributed by atoms with Crippen LogP contribution in [0.15, 0.2) is 48.5 Å². The molecule has 2 aromatic carbocycles. The molecule has 1 aromatic heterocycles. The van der Waals surface area contributed by atoms with Gasteiger partial charge in [0.2, 0.25) is 5.91 Å². The normalized spacial score (nSPS) is 15.8. The number of carbonyl (C=O) groups is 2. The standard InChI is InChI=1S/C22H18FNO3S/c1-2-12-3-5-13(6-4-12)16-11-17(25)24-19-18(14-7-9-15(23)10-8-14)21(22(26)27)28-20(16)19/h3-10,16H,2,11H2,1H3,(H,24,25)(H,26,27)/t16-/m1/s1. The number of thiophene rings is 1. The number of halogens is 1. The summed E-state index contributed by atoms with van der Waals surface area (Å²) >= 11 is 1.18. The van der Waals surface area contributed by atoms with Crippen LogP contribution in [0.5, 0.6) is 0 Å². The van der Waals surface area contributed by atoms with Gasteiger partial charge < -0.3 is 10.4 Å². The van der Waals surface area contributed by atoms with Crippen LogP contribution in [0.3, 0.4) is 0 Å². The van der Waals surface area contributed by atoms with Crippen molar-refractivity contribution in [3.8, 4) is 11.1 Å². The van der Waals surface area contributed by atoms with E-state index in [1.165, 1.54) is 41.2 Å². The Morgan fingerprint density at radius 2 is 1.86 bits per heavy atom. The molecule has 0 aliphatic carbocycles. The van der Waals surface area contributed by atoms with Crippen molar-refractivity contribution in [2.24, 2.45) is 0 Å². The van der Waals surface area contributed by atoms with Crippen LogP contribution in [0.25, 0.3) is 11.1 Å². The smallest absolute Gasteiger partial charge is 0.346 e. The van der Waals surface area contributed by atoms with Gasteiger partial charge in [0, 0.05) is 22.8 Å². The van der Waals surface area contributed by atoms with E-state index in [2.05, 4.69) is 12.2 Å². The molecule has 0 spiro atoms. The Bertz CT molecular complexity index is 1050. The van der Waals surface area contributed by atoms with E-state index in [1.807, 2.05) is 24.3 Å². The lowest BCUT2D eigenvalue weighted by Crippen LogP contribution is -2.22. The van der Waals surface area contributed by atoms with Crippen LogP contribution in [-0.2, 0) is 11.2 Å². The molecule has 3 aromatic rings. The Morgan fingerprint density at radius 3 is 2.46 bits per heavy atom. The number of carboxylic acids is 1. The average Bonchev–Trinajstić information content (AvgIpc) is 3.07. The largest absolute Gasteiger partial charge is 0.477 e. The number of benzene rings is 2. The molecule has 1 amide bonds. The Balaban J connectivity index is 1.89. The molecule has 2 heterocycles. The third-order valence-corrected chi connectivity index (χ3v) is 6.31. The van der Waals surface area contributed by atoms with Crippen molar-refractivity contribution in [1.82, 2.24) is 0 Å². The van der Waals surface area contributed by atoms with Crippen LogP contribution >= 0.6 is 11.3 Å². The molecule has 0 bridgehead atoms. The summed E-state index contributed by atoms with van der Waals surface area (Å²) in [5.74, 6) is -1.82. The summed E-state index contributed by atoms with van der Waals surface area (Å²) in [5.41, 5.74) is 3.72. The molecule has 2 N–H and O–H groups in total. The Morgan fingerprint density at radius 1 is 1.18 bits per heavy atom. The van der Waals surface area contributed by atoms with Crippen LogP contribution in [0.4, 0.5) is 10.1 Å². The summed E-state index contributed by atoms with van der Waals surface area (Å²) in [6.45, 7) is 2.08. The number of amides is 1. The number of anilines is 1. The van der Waals surface area contributed by atoms with Crippen LogP contribution in [-0.4, -0.2) is 17.0 Å². The number of nitrogens with one attached hydrogen (secondary N) is 1. The Hall–Kier alpha value is -2.99. The van der Waals surface area contributed by atoms with Crippen LogP contribution < -0.4 is 5.32 Å². The van der Waals surface area contributed by atoms with Gasteiger partial charge in [0.15, 0.2) is 0 Å². The van der Waals surface area contributed by atoms with Gasteiger partial charge in [0.05, 0.1) is 5.69 Å². The summed E-state index contributed by atoms with van der Waals surface area (Å²) < 4.78 is 13.4. The second kappa shape index (κ2) is 7.20. The second-order valence-corrected chi connectivity index (χ2v) is 7.81. The lowest BCUT2D eigenvalue weighted by molar-refractivity contribution is -0.116. The highest BCUT2D eigenvalue weighted by Gasteiger charge is 2.34. The predicted octanol–water partition coefficient (Wildman–Crippen LogP) is 5.29. The highest BCUT2D eigenvalue weighted by Crippen LogP contribution is 2.49. The first-order chi connectivity index (χ1) is 13.5. The van der Waals surface area contributed by atoms with Gasteiger partial charge in [-0.2, -0.15) is 0 Å². The van der Waals surface area contributed by atoms with Crippen molar-refractivity contribution in [1.29, 1.82) is 0 Å². The third kappa shape index (κ3) is 3.20. The van der Waals surface area contributed by atoms with Crippen molar-refractivity contribution in [3.05, 3.63) is 75.2 Å². The van der Waals surface area contributed by atoms with E-state index in [4.69, 9.17) is 0 Å². The summed E-state index contributed by atoms with van der Waals surface area (Å²) in [7, 11) is 0. The fourth-order valence-electron chi connectivity index (χ4n) is 3.58. The molecular formula is C22H18FNO3S. The minimum absolute atomic E-state index is 0.147. The fourth-order valence-corrected chi connectivity index (χ4v) is 4.83. The SMILES string of the molecule is CCc1ccc([C@H]2CC(=O)Nc3c2sc(C(=O)O)c3-c2ccc(F)cc2)cc1. The van der Waals surface area contributed by atoms with Gasteiger partial charge in [0.1, 0.15) is 10.7 Å².